The molecule has 0 amide bonds. The lowest BCUT2D eigenvalue weighted by Crippen LogP contribution is -2.36. The van der Waals surface area contributed by atoms with E-state index in [4.69, 9.17) is 14.4 Å². The van der Waals surface area contributed by atoms with E-state index in [2.05, 4.69) is 35.2 Å². The Balaban J connectivity index is 1.53. The van der Waals surface area contributed by atoms with E-state index in [0.717, 1.165) is 49.5 Å². The number of rotatable bonds is 6. The Morgan fingerprint density at radius 1 is 1.00 bits per heavy atom. The summed E-state index contributed by atoms with van der Waals surface area (Å²) in [5.41, 5.74) is 6.05. The van der Waals surface area contributed by atoms with Gasteiger partial charge in [0.25, 0.3) is 0 Å². The first-order valence-electron chi connectivity index (χ1n) is 11.5. The molecule has 0 bridgehead atoms. The van der Waals surface area contributed by atoms with Crippen LogP contribution in [0.4, 0.5) is 4.39 Å². The topological polar surface area (TPSA) is 75.8 Å². The Hall–Kier alpha value is -3.81. The van der Waals surface area contributed by atoms with Crippen LogP contribution in [0.5, 0.6) is 0 Å². The van der Waals surface area contributed by atoms with Gasteiger partial charge in [-0.3, -0.25) is 4.90 Å². The SMILES string of the molecule is Cc1c(-c2cc(-c3ccc(C(=O)O)c(F)c3)no2)ccc(-c2ccccc2)c1CN1CCOCC1. The molecule has 1 aliphatic heterocycles. The third kappa shape index (κ3) is 4.73. The van der Waals surface area contributed by atoms with Crippen molar-refractivity contribution in [3.63, 3.8) is 0 Å². The quantitative estimate of drug-likeness (QED) is 0.391. The Morgan fingerprint density at radius 2 is 1.74 bits per heavy atom. The zero-order chi connectivity index (χ0) is 24.4. The van der Waals surface area contributed by atoms with Gasteiger partial charge in [0.1, 0.15) is 11.5 Å². The molecule has 1 N–H and O–H groups in total. The lowest BCUT2D eigenvalue weighted by Gasteiger charge is -2.28. The van der Waals surface area contributed by atoms with Crippen LogP contribution in [0.25, 0.3) is 33.7 Å². The third-order valence-electron chi connectivity index (χ3n) is 6.44. The number of aromatic nitrogens is 1. The van der Waals surface area contributed by atoms with Crippen LogP contribution in [-0.2, 0) is 11.3 Å². The summed E-state index contributed by atoms with van der Waals surface area (Å²) in [6, 6.07) is 20.1. The number of carboxylic acids is 1. The number of carbonyl (C=O) groups is 1. The van der Waals surface area contributed by atoms with Crippen molar-refractivity contribution >= 4 is 5.97 Å². The third-order valence-corrected chi connectivity index (χ3v) is 6.44. The van der Waals surface area contributed by atoms with Crippen molar-refractivity contribution < 1.29 is 23.6 Å². The maximum atomic E-state index is 14.2. The monoisotopic (exact) mass is 472 g/mol. The summed E-state index contributed by atoms with van der Waals surface area (Å²) in [6.45, 7) is 6.08. The fourth-order valence-corrected chi connectivity index (χ4v) is 4.48. The smallest absolute Gasteiger partial charge is 0.338 e. The Labute approximate surface area is 202 Å². The normalized spacial score (nSPS) is 14.2. The van der Waals surface area contributed by atoms with Crippen molar-refractivity contribution in [2.45, 2.75) is 13.5 Å². The highest BCUT2D eigenvalue weighted by Crippen LogP contribution is 2.35. The minimum atomic E-state index is -1.31. The van der Waals surface area contributed by atoms with Gasteiger partial charge in [0.15, 0.2) is 5.76 Å². The van der Waals surface area contributed by atoms with Crippen molar-refractivity contribution in [1.29, 1.82) is 0 Å². The molecule has 0 aliphatic carbocycles. The average Bonchev–Trinajstić information content (AvgIpc) is 3.36. The van der Waals surface area contributed by atoms with Crippen LogP contribution in [0.2, 0.25) is 0 Å². The summed E-state index contributed by atoms with van der Waals surface area (Å²) in [5.74, 6) is -1.55. The molecule has 1 fully saturated rings. The number of halogens is 1. The van der Waals surface area contributed by atoms with Crippen molar-refractivity contribution in [1.82, 2.24) is 10.1 Å². The second-order valence-corrected chi connectivity index (χ2v) is 8.59. The number of hydrogen-bond donors (Lipinski definition) is 1. The van der Waals surface area contributed by atoms with Crippen molar-refractivity contribution in [3.8, 4) is 33.7 Å². The van der Waals surface area contributed by atoms with E-state index in [0.29, 0.717) is 17.0 Å². The van der Waals surface area contributed by atoms with Crippen LogP contribution >= 0.6 is 0 Å². The van der Waals surface area contributed by atoms with Gasteiger partial charge in [0.2, 0.25) is 0 Å². The molecule has 2 heterocycles. The molecule has 0 radical (unpaired) electrons. The molecule has 1 saturated heterocycles. The Bertz CT molecular complexity index is 1360. The van der Waals surface area contributed by atoms with E-state index < -0.39 is 11.8 Å². The molecule has 0 spiro atoms. The molecule has 0 saturated carbocycles. The van der Waals surface area contributed by atoms with E-state index in [1.54, 1.807) is 6.07 Å². The fraction of sp³-hybridized carbons (Fsp3) is 0.214. The summed E-state index contributed by atoms with van der Waals surface area (Å²) in [5, 5.41) is 13.2. The zero-order valence-electron chi connectivity index (χ0n) is 19.3. The number of aromatic carboxylic acids is 1. The number of morpholine rings is 1. The van der Waals surface area contributed by atoms with E-state index in [1.807, 2.05) is 24.3 Å². The molecule has 5 rings (SSSR count). The van der Waals surface area contributed by atoms with E-state index >= 15 is 0 Å². The van der Waals surface area contributed by atoms with Gasteiger partial charge in [-0.2, -0.15) is 0 Å². The first-order valence-corrected chi connectivity index (χ1v) is 11.5. The van der Waals surface area contributed by atoms with Gasteiger partial charge < -0.3 is 14.4 Å². The van der Waals surface area contributed by atoms with Crippen LogP contribution < -0.4 is 0 Å². The molecule has 1 aliphatic rings. The van der Waals surface area contributed by atoms with Crippen LogP contribution in [0.1, 0.15) is 21.5 Å². The predicted molar refractivity (Wildman–Crippen MR) is 131 cm³/mol. The van der Waals surface area contributed by atoms with Crippen LogP contribution in [-0.4, -0.2) is 47.4 Å². The molecular formula is C28H25FN2O4. The minimum absolute atomic E-state index is 0.377. The number of hydrogen-bond acceptors (Lipinski definition) is 5. The molecule has 0 atom stereocenters. The molecule has 35 heavy (non-hydrogen) atoms. The molecule has 0 unspecified atom stereocenters. The van der Waals surface area contributed by atoms with E-state index in [1.165, 1.54) is 29.3 Å². The molecule has 4 aromatic rings. The second-order valence-electron chi connectivity index (χ2n) is 8.59. The van der Waals surface area contributed by atoms with Crippen LogP contribution in [0.15, 0.2) is 71.3 Å². The van der Waals surface area contributed by atoms with E-state index in [9.17, 15) is 9.18 Å². The van der Waals surface area contributed by atoms with Gasteiger partial charge in [-0.25, -0.2) is 9.18 Å². The molecular weight excluding hydrogens is 447 g/mol. The molecule has 178 valence electrons. The molecule has 3 aromatic carbocycles. The Kier molecular flexibility index (Phi) is 6.44. The number of nitrogens with zero attached hydrogens (tertiary/aromatic N) is 2. The highest BCUT2D eigenvalue weighted by atomic mass is 19.1. The zero-order valence-corrected chi connectivity index (χ0v) is 19.3. The average molecular weight is 473 g/mol. The highest BCUT2D eigenvalue weighted by Gasteiger charge is 2.20. The van der Waals surface area contributed by atoms with Gasteiger partial charge in [-0.15, -0.1) is 0 Å². The first kappa shape index (κ1) is 23.0. The van der Waals surface area contributed by atoms with Crippen molar-refractivity contribution in [2.24, 2.45) is 0 Å². The summed E-state index contributed by atoms with van der Waals surface area (Å²) in [6.07, 6.45) is 0. The largest absolute Gasteiger partial charge is 0.478 e. The van der Waals surface area contributed by atoms with Crippen LogP contribution in [0.3, 0.4) is 0 Å². The summed E-state index contributed by atoms with van der Waals surface area (Å²) < 4.78 is 25.4. The number of ether oxygens (including phenoxy) is 1. The summed E-state index contributed by atoms with van der Waals surface area (Å²) in [4.78, 5) is 13.5. The van der Waals surface area contributed by atoms with E-state index in [-0.39, 0.29) is 5.56 Å². The maximum absolute atomic E-state index is 14.2. The predicted octanol–water partition coefficient (Wildman–Crippen LogP) is 5.65. The van der Waals surface area contributed by atoms with Crippen molar-refractivity contribution in [2.75, 3.05) is 26.3 Å². The molecule has 7 heteroatoms. The highest BCUT2D eigenvalue weighted by molar-refractivity contribution is 5.88. The lowest BCUT2D eigenvalue weighted by atomic mass is 9.91. The Morgan fingerprint density at radius 3 is 2.46 bits per heavy atom. The standard InChI is InChI=1S/C28H25FN2O4/c1-18-21(27-16-26(30-35-27)20-7-8-23(28(32)33)25(29)15-20)9-10-22(19-5-3-2-4-6-19)24(18)17-31-11-13-34-14-12-31/h2-10,15-16H,11-14,17H2,1H3,(H,32,33). The number of carboxylic acid groups (broad SMARTS) is 1. The molecule has 1 aromatic heterocycles. The van der Waals surface area contributed by atoms with Gasteiger partial charge in [-0.05, 0) is 41.3 Å². The fourth-order valence-electron chi connectivity index (χ4n) is 4.48. The summed E-state index contributed by atoms with van der Waals surface area (Å²) >= 11 is 0. The van der Waals surface area contributed by atoms with Gasteiger partial charge in [0, 0.05) is 36.8 Å². The van der Waals surface area contributed by atoms with Gasteiger partial charge in [-0.1, -0.05) is 53.7 Å². The number of benzene rings is 3. The van der Waals surface area contributed by atoms with Gasteiger partial charge in [0.05, 0.1) is 18.8 Å². The minimum Gasteiger partial charge on any atom is -0.478 e. The molecule has 6 nitrogen and oxygen atoms in total. The summed E-state index contributed by atoms with van der Waals surface area (Å²) in [7, 11) is 0. The lowest BCUT2D eigenvalue weighted by molar-refractivity contribution is 0.0342. The maximum Gasteiger partial charge on any atom is 0.338 e. The van der Waals surface area contributed by atoms with Gasteiger partial charge >= 0.3 is 5.97 Å². The van der Waals surface area contributed by atoms with Crippen molar-refractivity contribution in [3.05, 3.63) is 89.2 Å². The van der Waals surface area contributed by atoms with Crippen LogP contribution in [0, 0.1) is 12.7 Å². The second kappa shape index (κ2) is 9.82. The first-order chi connectivity index (χ1) is 17.0.